The van der Waals surface area contributed by atoms with Gasteiger partial charge in [0.05, 0.1) is 27.9 Å². The minimum atomic E-state index is -3.77. The van der Waals surface area contributed by atoms with Crippen molar-refractivity contribution in [2.75, 3.05) is 12.0 Å². The topological polar surface area (TPSA) is 144 Å². The zero-order valence-corrected chi connectivity index (χ0v) is 15.8. The number of fused-ring (bicyclic) bond motifs is 2. The molecule has 3 rings (SSSR count). The lowest BCUT2D eigenvalue weighted by Gasteiger charge is -2.29. The molecule has 0 saturated carbocycles. The number of hydrogen-bond donors (Lipinski definition) is 0. The van der Waals surface area contributed by atoms with E-state index in [-0.39, 0.29) is 10.3 Å². The molecule has 0 amide bonds. The number of hydrogen-bond acceptors (Lipinski definition) is 9. The third-order valence-electron chi connectivity index (χ3n) is 3.84. The van der Waals surface area contributed by atoms with Gasteiger partial charge in [-0.2, -0.15) is 8.42 Å². The molecule has 2 heterocycles. The SMILES string of the molecule is CS(=O)(=O)O[C@H]1[C@H](N=[N+]=[N-])[C@H]2CS[C@H](Sc3ccc([N+](=O)[O-])cc3)[C@@H]1O2. The van der Waals surface area contributed by atoms with Gasteiger partial charge in [-0.05, 0) is 17.7 Å². The lowest BCUT2D eigenvalue weighted by molar-refractivity contribution is -0.384. The molecule has 2 saturated heterocycles. The van der Waals surface area contributed by atoms with Gasteiger partial charge in [-0.15, -0.1) is 23.5 Å². The van der Waals surface area contributed by atoms with Crippen LogP contribution < -0.4 is 0 Å². The molecule has 0 aromatic heterocycles. The van der Waals surface area contributed by atoms with E-state index in [0.717, 1.165) is 11.2 Å². The first kappa shape index (κ1) is 19.3. The quantitative estimate of drug-likeness (QED) is 0.171. The Kier molecular flexibility index (Phi) is 5.65. The smallest absolute Gasteiger partial charge is 0.269 e. The van der Waals surface area contributed by atoms with Crippen LogP contribution in [-0.2, 0) is 19.0 Å². The highest BCUT2D eigenvalue weighted by Gasteiger charge is 2.53. The van der Waals surface area contributed by atoms with Crippen LogP contribution in [0.15, 0.2) is 34.3 Å². The van der Waals surface area contributed by atoms with E-state index >= 15 is 0 Å². The molecule has 2 bridgehead atoms. The van der Waals surface area contributed by atoms with E-state index < -0.39 is 39.4 Å². The summed E-state index contributed by atoms with van der Waals surface area (Å²) >= 11 is 2.95. The summed E-state index contributed by atoms with van der Waals surface area (Å²) in [6.07, 6.45) is -0.976. The van der Waals surface area contributed by atoms with Crippen molar-refractivity contribution in [1.29, 1.82) is 0 Å². The number of benzene rings is 1. The van der Waals surface area contributed by atoms with Crippen LogP contribution in [0.25, 0.3) is 10.4 Å². The van der Waals surface area contributed by atoms with Crippen molar-refractivity contribution in [3.05, 3.63) is 44.8 Å². The van der Waals surface area contributed by atoms with Crippen molar-refractivity contribution in [1.82, 2.24) is 0 Å². The molecule has 1 aromatic carbocycles. The lowest BCUT2D eigenvalue weighted by atomic mass is 10.1. The molecule has 1 aromatic rings. The van der Waals surface area contributed by atoms with E-state index in [0.29, 0.717) is 5.75 Å². The summed E-state index contributed by atoms with van der Waals surface area (Å²) in [6, 6.07) is 5.33. The normalized spacial score (nSPS) is 30.6. The molecule has 13 heteroatoms. The number of non-ortho nitro benzene ring substituents is 1. The minimum absolute atomic E-state index is 0.00969. The largest absolute Gasteiger partial charge is 0.369 e. The molecule has 26 heavy (non-hydrogen) atoms. The van der Waals surface area contributed by atoms with Crippen LogP contribution in [0.3, 0.4) is 0 Å². The van der Waals surface area contributed by atoms with Crippen LogP contribution in [0.2, 0.25) is 0 Å². The first-order valence-electron chi connectivity index (χ1n) is 7.39. The number of azide groups is 1. The van der Waals surface area contributed by atoms with E-state index in [1.165, 1.54) is 23.9 Å². The van der Waals surface area contributed by atoms with Crippen LogP contribution in [-0.4, -0.2) is 54.3 Å². The first-order valence-corrected chi connectivity index (χ1v) is 11.1. The Morgan fingerprint density at radius 3 is 2.73 bits per heavy atom. The molecule has 2 aliphatic rings. The van der Waals surface area contributed by atoms with E-state index in [1.54, 1.807) is 23.9 Å². The number of nitro groups is 1. The van der Waals surface area contributed by atoms with Gasteiger partial charge < -0.3 is 4.74 Å². The highest BCUT2D eigenvalue weighted by atomic mass is 32.2. The Balaban J connectivity index is 1.80. The Hall–Kier alpha value is -1.50. The number of rotatable bonds is 6. The van der Waals surface area contributed by atoms with Crippen molar-refractivity contribution in [2.45, 2.75) is 33.8 Å². The Bertz CT molecular complexity index is 842. The van der Waals surface area contributed by atoms with Crippen molar-refractivity contribution >= 4 is 39.3 Å². The van der Waals surface area contributed by atoms with Gasteiger partial charge in [0.15, 0.2) is 0 Å². The zero-order chi connectivity index (χ0) is 18.9. The molecule has 0 radical (unpaired) electrons. The maximum atomic E-state index is 11.6. The average molecular weight is 418 g/mol. The Morgan fingerprint density at radius 1 is 1.46 bits per heavy atom. The fourth-order valence-corrected chi connectivity index (χ4v) is 6.25. The summed E-state index contributed by atoms with van der Waals surface area (Å²) in [7, 11) is -3.77. The van der Waals surface area contributed by atoms with Gasteiger partial charge in [-0.1, -0.05) is 5.11 Å². The van der Waals surface area contributed by atoms with E-state index in [9.17, 15) is 18.5 Å². The molecule has 10 nitrogen and oxygen atoms in total. The second kappa shape index (κ2) is 7.62. The van der Waals surface area contributed by atoms with Gasteiger partial charge in [0, 0.05) is 27.7 Å². The van der Waals surface area contributed by atoms with E-state index in [1.807, 2.05) is 0 Å². The van der Waals surface area contributed by atoms with Crippen LogP contribution in [0.1, 0.15) is 0 Å². The highest BCUT2D eigenvalue weighted by molar-refractivity contribution is 8.17. The van der Waals surface area contributed by atoms with Crippen molar-refractivity contribution < 1.29 is 22.3 Å². The van der Waals surface area contributed by atoms with Gasteiger partial charge in [-0.3, -0.25) is 14.3 Å². The van der Waals surface area contributed by atoms with E-state index in [2.05, 4.69) is 10.0 Å². The third kappa shape index (κ3) is 4.24. The van der Waals surface area contributed by atoms with Crippen molar-refractivity contribution in [2.24, 2.45) is 5.11 Å². The number of nitrogens with zero attached hydrogens (tertiary/aromatic N) is 4. The van der Waals surface area contributed by atoms with Gasteiger partial charge in [0.1, 0.15) is 12.2 Å². The summed E-state index contributed by atoms with van der Waals surface area (Å²) in [4.78, 5) is 13.8. The monoisotopic (exact) mass is 418 g/mol. The van der Waals surface area contributed by atoms with Gasteiger partial charge in [0.2, 0.25) is 0 Å². The molecule has 140 valence electrons. The maximum Gasteiger partial charge on any atom is 0.269 e. The molecular formula is C13H14N4O6S3. The molecule has 0 unspecified atom stereocenters. The summed E-state index contributed by atoms with van der Waals surface area (Å²) < 4.78 is 34.0. The van der Waals surface area contributed by atoms with Gasteiger partial charge >= 0.3 is 0 Å². The predicted molar refractivity (Wildman–Crippen MR) is 96.5 cm³/mol. The maximum absolute atomic E-state index is 11.6. The number of thioether (sulfide) groups is 2. The summed E-state index contributed by atoms with van der Waals surface area (Å²) in [5, 5.41) is 14.4. The molecular weight excluding hydrogens is 404 g/mol. The van der Waals surface area contributed by atoms with Crippen LogP contribution in [0, 0.1) is 10.1 Å². The van der Waals surface area contributed by atoms with E-state index in [4.69, 9.17) is 14.5 Å². The van der Waals surface area contributed by atoms with Gasteiger partial charge in [-0.25, -0.2) is 0 Å². The fourth-order valence-electron chi connectivity index (χ4n) is 2.80. The summed E-state index contributed by atoms with van der Waals surface area (Å²) in [6.45, 7) is 0. The molecule has 2 fully saturated rings. The van der Waals surface area contributed by atoms with Crippen molar-refractivity contribution in [3.8, 4) is 0 Å². The summed E-state index contributed by atoms with van der Waals surface area (Å²) in [5.41, 5.74) is 8.76. The number of nitro benzene ring substituents is 1. The molecule has 0 aliphatic carbocycles. The lowest BCUT2D eigenvalue weighted by Crippen LogP contribution is -2.38. The molecule has 5 atom stereocenters. The Labute approximate surface area is 157 Å². The van der Waals surface area contributed by atoms with Crippen LogP contribution in [0.5, 0.6) is 0 Å². The Morgan fingerprint density at radius 2 is 2.15 bits per heavy atom. The first-order chi connectivity index (χ1) is 12.3. The zero-order valence-electron chi connectivity index (χ0n) is 13.4. The predicted octanol–water partition coefficient (Wildman–Crippen LogP) is 2.55. The van der Waals surface area contributed by atoms with Crippen molar-refractivity contribution in [3.63, 3.8) is 0 Å². The third-order valence-corrected chi connectivity index (χ3v) is 7.27. The standard InChI is InChI=1S/C13H14N4O6S3/c1-26(20,21)23-11-10(15-16-14)9-6-24-13(12(11)22-9)25-8-4-2-7(3-5-8)17(18)19/h2-5,9-13H,6H2,1H3/t9-,10-,11+,12-,13-/m1/s1. The second-order valence-electron chi connectivity index (χ2n) is 5.67. The van der Waals surface area contributed by atoms with Crippen LogP contribution in [0.4, 0.5) is 5.69 Å². The fraction of sp³-hybridized carbons (Fsp3) is 0.538. The molecule has 2 aliphatic heterocycles. The minimum Gasteiger partial charge on any atom is -0.369 e. The van der Waals surface area contributed by atoms with Gasteiger partial charge in [0.25, 0.3) is 15.8 Å². The second-order valence-corrected chi connectivity index (χ2v) is 9.96. The van der Waals surface area contributed by atoms with Crippen LogP contribution >= 0.6 is 23.5 Å². The summed E-state index contributed by atoms with van der Waals surface area (Å²) in [5.74, 6) is 0.522. The average Bonchev–Trinajstić information content (AvgIpc) is 2.83. The molecule has 0 N–H and O–H groups in total. The number of ether oxygens (including phenoxy) is 1. The molecule has 0 spiro atoms. The highest BCUT2D eigenvalue weighted by Crippen LogP contribution is 2.46.